The number of alkyl halides is 3. The maximum Gasteiger partial charge on any atom is 1.00 e. The van der Waals surface area contributed by atoms with Crippen LogP contribution in [0.1, 0.15) is 45.2 Å². The van der Waals surface area contributed by atoms with Crippen molar-refractivity contribution in [3.8, 4) is 0 Å². The molecule has 45 heteroatoms. The number of nitrogen functional groups attached to an aromatic ring is 2. The van der Waals surface area contributed by atoms with E-state index in [-0.39, 0.29) is 75.4 Å². The second-order valence-corrected chi connectivity index (χ2v) is 20.9. The number of aromatic nitrogens is 8. The number of hydrogen-bond donors (Lipinski definition) is 8. The van der Waals surface area contributed by atoms with Crippen molar-refractivity contribution >= 4 is 86.7 Å². The van der Waals surface area contributed by atoms with Gasteiger partial charge in [0.05, 0.1) is 34.8 Å². The molecule has 6 aromatic rings. The van der Waals surface area contributed by atoms with E-state index in [0.717, 1.165) is 109 Å². The molecule has 15 N–H and O–H groups in total. The molecule has 4 saturated heterocycles. The number of piperidine rings is 2. The maximum absolute atomic E-state index is 12.0. The van der Waals surface area contributed by atoms with E-state index in [1.54, 1.807) is 18.5 Å². The first kappa shape index (κ1) is 69.3. The Morgan fingerprint density at radius 1 is 0.651 bits per heavy atom. The Morgan fingerprint density at radius 2 is 1.08 bits per heavy atom. The molecule has 0 radical (unpaired) electrons. The standard InChI is InChI=1S/C20H24ClN7OS.C15H20BrN5O.C6H5F3N2S.H4N12.H3N9.Na/c1-12-16(23)20(11-29-12)4-7-27(8-5-20)19-25-10-14(18-24-6-9-28(18)19)30-13-2-3-15(22)26-17(13)21;1-10-12(17)15(9-22-10)2-5-20(6-3-15)14-19-8-11(16)13-18-4-7-21(13)14;7-6(8,9)5-3(12)1-2-4(10)11-5;1-3-5-7-9-11-12-10-8-6-4-2;1-3-5-7-9-8-6-4-2;/h2-3,6,9-10,12,16H,4-5,7-8,11,23H2,1H3,(H2,22,26);4,7-8,10,12H,2-3,5-6,9,17H2,1H3;1-2,12H,(H2,10,11);(H2,1,4,5,8,9,12)(H2,2,3,6,7,10,11);(H3,1,2,5,6,9);/q;;;;;+1/p-1/t12-,16+;10-,12+;;;;/m00..../s1. The van der Waals surface area contributed by atoms with Crippen molar-refractivity contribution in [2.24, 2.45) is 129 Å². The molecule has 4 atom stereocenters. The summed E-state index contributed by atoms with van der Waals surface area (Å²) in [5, 5.41) is 48.7. The summed E-state index contributed by atoms with van der Waals surface area (Å²) in [5.74, 6) is 15.7. The fourth-order valence-electron chi connectivity index (χ4n) is 9.09. The van der Waals surface area contributed by atoms with E-state index in [9.17, 15) is 13.2 Å². The van der Waals surface area contributed by atoms with Crippen LogP contribution in [0.4, 0.5) is 36.7 Å². The van der Waals surface area contributed by atoms with Crippen molar-refractivity contribution in [3.05, 3.63) is 76.8 Å². The quantitative estimate of drug-likeness (QED) is 0.0213. The first-order valence-corrected chi connectivity index (χ1v) is 27.0. The third-order valence-corrected chi connectivity index (χ3v) is 15.7. The molecule has 6 aromatic heterocycles. The molecule has 10 rings (SSSR count). The largest absolute Gasteiger partial charge is 1.00 e. The Hall–Kier alpha value is -7.49. The molecule has 454 valence electrons. The van der Waals surface area contributed by atoms with Gasteiger partial charge >= 0.3 is 35.7 Å². The van der Waals surface area contributed by atoms with Crippen molar-refractivity contribution in [1.29, 1.82) is 5.53 Å². The van der Waals surface area contributed by atoms with Gasteiger partial charge in [-0.05, 0) is 147 Å². The van der Waals surface area contributed by atoms with E-state index in [2.05, 4.69) is 183 Å². The van der Waals surface area contributed by atoms with Crippen molar-refractivity contribution in [3.63, 3.8) is 0 Å². The Balaban J connectivity index is 0.000000212. The monoisotopic (exact) mass is 1330 g/mol. The number of nitrogens with one attached hydrogen (secondary N) is 1. The van der Waals surface area contributed by atoms with Gasteiger partial charge in [-0.2, -0.15) is 18.7 Å². The zero-order valence-electron chi connectivity index (χ0n) is 45.8. The summed E-state index contributed by atoms with van der Waals surface area (Å²) in [4.78, 5) is 31.5. The molecule has 37 nitrogen and oxygen atoms in total. The van der Waals surface area contributed by atoms with Crippen LogP contribution >= 0.6 is 39.3 Å². The fourth-order valence-corrected chi connectivity index (χ4v) is 10.8. The molecule has 2 spiro atoms. The van der Waals surface area contributed by atoms with Gasteiger partial charge in [0, 0.05) is 91.2 Å². The van der Waals surface area contributed by atoms with Crippen molar-refractivity contribution in [1.82, 2.24) is 38.7 Å². The number of halogens is 5. The molecule has 4 aliphatic heterocycles. The number of imidazole rings is 2. The fraction of sp³-hybridized carbons (Fsp3) is 0.463. The number of pyridine rings is 2. The maximum atomic E-state index is 12.0. The predicted octanol–water partition coefficient (Wildman–Crippen LogP) is 4.91. The predicted molar refractivity (Wildman–Crippen MR) is 302 cm³/mol. The number of nitrogens with zero attached hydrogens (tertiary/aromatic N) is 27. The third kappa shape index (κ3) is 18.5. The number of anilines is 4. The Morgan fingerprint density at radius 3 is 1.51 bits per heavy atom. The summed E-state index contributed by atoms with van der Waals surface area (Å²) in [7, 11) is 0. The topological polar surface area (TPSA) is 527 Å². The Kier molecular flexibility index (Phi) is 26.9. The van der Waals surface area contributed by atoms with Crippen LogP contribution in [0.5, 0.6) is 0 Å². The number of ether oxygens (including phenoxy) is 2. The van der Waals surface area contributed by atoms with Gasteiger partial charge in [-0.25, -0.2) is 29.9 Å². The summed E-state index contributed by atoms with van der Waals surface area (Å²) in [6.45, 7) is 9.38. The van der Waals surface area contributed by atoms with Crippen LogP contribution < -0.4 is 79.8 Å². The summed E-state index contributed by atoms with van der Waals surface area (Å²) in [6, 6.07) is 6.18. The van der Waals surface area contributed by atoms with E-state index >= 15 is 0 Å². The van der Waals surface area contributed by atoms with Crippen LogP contribution in [0.15, 0.2) is 169 Å². The van der Waals surface area contributed by atoms with Gasteiger partial charge in [0.25, 0.3) is 0 Å². The Labute approximate surface area is 530 Å². The van der Waals surface area contributed by atoms with Gasteiger partial charge in [-0.15, -0.1) is 4.90 Å². The number of rotatable bonds is 11. The summed E-state index contributed by atoms with van der Waals surface area (Å²) < 4.78 is 52.8. The molecule has 4 aliphatic rings. The van der Waals surface area contributed by atoms with Crippen molar-refractivity contribution in [2.45, 2.75) is 84.7 Å². The molecular weight excluding hydrogens is 1270 g/mol. The van der Waals surface area contributed by atoms with Crippen LogP contribution in [0.25, 0.3) is 11.3 Å². The first-order valence-electron chi connectivity index (χ1n) is 24.6. The van der Waals surface area contributed by atoms with Gasteiger partial charge in [-0.1, -0.05) is 45.1 Å². The van der Waals surface area contributed by atoms with Gasteiger partial charge in [-0.3, -0.25) is 8.80 Å². The second kappa shape index (κ2) is 33.4. The van der Waals surface area contributed by atoms with Crippen LogP contribution in [0, 0.1) is 16.4 Å². The summed E-state index contributed by atoms with van der Waals surface area (Å²) in [5.41, 5.74) is 30.5. The number of fused-ring (bicyclic) bond motifs is 2. The van der Waals surface area contributed by atoms with Crippen LogP contribution in [0.2, 0.25) is 5.15 Å². The third-order valence-electron chi connectivity index (χ3n) is 13.4. The van der Waals surface area contributed by atoms with Gasteiger partial charge < -0.3 is 72.4 Å². The second-order valence-electron chi connectivity index (χ2n) is 18.2. The van der Waals surface area contributed by atoms with E-state index < -0.39 is 11.9 Å². The smallest absolute Gasteiger partial charge is 0.778 e. The minimum absolute atomic E-state index is 0. The molecule has 0 unspecified atom stereocenters. The van der Waals surface area contributed by atoms with Crippen LogP contribution in [0.3, 0.4) is 0 Å². The van der Waals surface area contributed by atoms with E-state index in [1.807, 2.05) is 39.7 Å². The van der Waals surface area contributed by atoms with E-state index in [1.165, 1.54) is 17.8 Å². The van der Waals surface area contributed by atoms with E-state index in [4.69, 9.17) is 54.5 Å². The van der Waals surface area contributed by atoms with Gasteiger partial charge in [0.1, 0.15) is 22.5 Å². The average Bonchev–Trinajstić information content (AvgIpc) is 2.19. The Bertz CT molecular complexity index is 3370. The molecule has 0 bridgehead atoms. The van der Waals surface area contributed by atoms with Gasteiger partial charge in [0.2, 0.25) is 11.9 Å². The molecule has 10 heterocycles. The van der Waals surface area contributed by atoms with Crippen molar-refractivity contribution < 1.29 is 52.2 Å². The molecule has 0 amide bonds. The van der Waals surface area contributed by atoms with Gasteiger partial charge in [0.15, 0.2) is 11.3 Å². The minimum Gasteiger partial charge on any atom is -0.778 e. The summed E-state index contributed by atoms with van der Waals surface area (Å²) in [6.07, 6.45) is 11.0. The molecule has 4 fully saturated rings. The summed E-state index contributed by atoms with van der Waals surface area (Å²) >= 11 is 15.7. The molecule has 0 saturated carbocycles. The zero-order valence-corrected chi connectivity index (χ0v) is 51.8. The van der Waals surface area contributed by atoms with Crippen LogP contribution in [-0.4, -0.2) is 102 Å². The zero-order chi connectivity index (χ0) is 61.6. The number of nitrogens with two attached hydrogens (primary N) is 7. The normalized spacial score (nSPS) is 20.1. The SMILES string of the molecule is C[C@@H]1OCC2(CCN(c3ncc(Br)c4nccn34)CC2)[C@@H]1N.C[C@@H]1OCC2(CCN(c3ncc(Sc4ccc(N)nc4Cl)c4nccn34)CC2)[C@@H]1N.N/N=N/N=N/N=N/N=N/N=N/N.N=N/N=N/N=N/N=N/N.Nc1ccc([S-])c(C(F)(F)F)n1.[Na+]. The van der Waals surface area contributed by atoms with Crippen molar-refractivity contribution in [2.75, 3.05) is 60.7 Å². The molecule has 86 heavy (non-hydrogen) atoms. The average molecular weight is 1330 g/mol. The van der Waals surface area contributed by atoms with Crippen LogP contribution in [-0.2, 0) is 28.3 Å². The van der Waals surface area contributed by atoms with E-state index in [0.29, 0.717) is 11.0 Å². The molecular formula is C41H55BrClF3N35NaO2S2. The number of hydrogen-bond acceptors (Lipinski definition) is 20. The molecule has 0 aromatic carbocycles. The molecule has 0 aliphatic carbocycles. The first-order chi connectivity index (χ1) is 40.8. The minimum atomic E-state index is -4.52.